The number of fused-ring (bicyclic) bond motifs is 2. The molecule has 40 heavy (non-hydrogen) atoms. The Bertz CT molecular complexity index is 1620. The standard InChI is InChI=1S/C28H18N4O8/c33-25(31-29-11-19-3-7-23(39-19)15-1-5-21-17(9-15)13-37-27(21)35)26(34)32-30-12-20-4-8-24(40-20)16-2-6-22-18(10-16)14-38-28(22)36/h1-12H,13-14H2,(H,31,33)(H,32,34)/b29-11-,30-12-. The monoisotopic (exact) mass is 538 g/mol. The number of esters is 2. The average molecular weight is 538 g/mol. The molecule has 12 nitrogen and oxygen atoms in total. The summed E-state index contributed by atoms with van der Waals surface area (Å²) in [7, 11) is 0. The minimum Gasteiger partial charge on any atom is -0.457 e. The van der Waals surface area contributed by atoms with Gasteiger partial charge in [0.05, 0.1) is 23.6 Å². The predicted molar refractivity (Wildman–Crippen MR) is 138 cm³/mol. The highest BCUT2D eigenvalue weighted by Crippen LogP contribution is 2.29. The van der Waals surface area contributed by atoms with Crippen molar-refractivity contribution in [3.8, 4) is 22.6 Å². The van der Waals surface area contributed by atoms with Crippen LogP contribution in [0.2, 0.25) is 0 Å². The number of hydrazone groups is 2. The first-order valence-corrected chi connectivity index (χ1v) is 11.9. The summed E-state index contributed by atoms with van der Waals surface area (Å²) in [5, 5.41) is 7.45. The van der Waals surface area contributed by atoms with Crippen LogP contribution in [0.25, 0.3) is 22.6 Å². The number of ether oxygens (including phenoxy) is 2. The number of hydrogen-bond acceptors (Lipinski definition) is 10. The van der Waals surface area contributed by atoms with Gasteiger partial charge in [-0.2, -0.15) is 10.2 Å². The zero-order chi connectivity index (χ0) is 27.6. The fourth-order valence-electron chi connectivity index (χ4n) is 4.14. The molecule has 0 saturated heterocycles. The summed E-state index contributed by atoms with van der Waals surface area (Å²) in [6.07, 6.45) is 2.48. The number of rotatable bonds is 6. The smallest absolute Gasteiger partial charge is 0.338 e. The van der Waals surface area contributed by atoms with E-state index in [0.717, 1.165) is 22.3 Å². The number of nitrogens with zero attached hydrogens (tertiary/aromatic N) is 2. The van der Waals surface area contributed by atoms with Crippen LogP contribution in [-0.2, 0) is 32.3 Å². The number of nitrogens with one attached hydrogen (secondary N) is 2. The average Bonchev–Trinajstić information content (AvgIpc) is 3.76. The molecule has 2 aliphatic heterocycles. The van der Waals surface area contributed by atoms with Gasteiger partial charge in [0.1, 0.15) is 36.3 Å². The van der Waals surface area contributed by atoms with Gasteiger partial charge in [-0.15, -0.1) is 0 Å². The molecule has 0 unspecified atom stereocenters. The van der Waals surface area contributed by atoms with Crippen LogP contribution in [0.15, 0.2) is 79.7 Å². The summed E-state index contributed by atoms with van der Waals surface area (Å²) in [6.45, 7) is 0.431. The normalized spacial score (nSPS) is 13.8. The lowest BCUT2D eigenvalue weighted by Crippen LogP contribution is -2.35. The number of carbonyl (C=O) groups excluding carboxylic acids is 4. The molecule has 0 aliphatic carbocycles. The Labute approximate surface area is 225 Å². The number of cyclic esters (lactones) is 2. The zero-order valence-electron chi connectivity index (χ0n) is 20.5. The second-order valence-electron chi connectivity index (χ2n) is 8.70. The van der Waals surface area contributed by atoms with Gasteiger partial charge < -0.3 is 18.3 Å². The minimum atomic E-state index is -1.04. The molecule has 0 bridgehead atoms. The van der Waals surface area contributed by atoms with Crippen molar-refractivity contribution in [2.45, 2.75) is 13.2 Å². The van der Waals surface area contributed by atoms with E-state index in [0.29, 0.717) is 34.2 Å². The van der Waals surface area contributed by atoms with Crippen LogP contribution in [0.1, 0.15) is 43.4 Å². The van der Waals surface area contributed by atoms with Gasteiger partial charge in [-0.25, -0.2) is 20.4 Å². The summed E-state index contributed by atoms with van der Waals surface area (Å²) >= 11 is 0. The van der Waals surface area contributed by atoms with E-state index in [1.54, 1.807) is 48.5 Å². The maximum atomic E-state index is 12.0. The van der Waals surface area contributed by atoms with E-state index in [1.807, 2.05) is 12.1 Å². The molecule has 2 aromatic carbocycles. The zero-order valence-corrected chi connectivity index (χ0v) is 20.5. The first-order chi connectivity index (χ1) is 19.4. The molecular weight excluding hydrogens is 520 g/mol. The van der Waals surface area contributed by atoms with E-state index < -0.39 is 11.8 Å². The van der Waals surface area contributed by atoms with Crippen LogP contribution in [-0.4, -0.2) is 36.2 Å². The second-order valence-corrected chi connectivity index (χ2v) is 8.70. The van der Waals surface area contributed by atoms with E-state index in [4.69, 9.17) is 18.3 Å². The Balaban J connectivity index is 1.00. The molecule has 2 N–H and O–H groups in total. The van der Waals surface area contributed by atoms with Crippen LogP contribution < -0.4 is 10.9 Å². The van der Waals surface area contributed by atoms with Crippen LogP contribution >= 0.6 is 0 Å². The molecule has 0 fully saturated rings. The van der Waals surface area contributed by atoms with Gasteiger partial charge >= 0.3 is 23.8 Å². The van der Waals surface area contributed by atoms with Crippen molar-refractivity contribution < 1.29 is 37.5 Å². The highest BCUT2D eigenvalue weighted by molar-refractivity contribution is 6.35. The molecule has 198 valence electrons. The second kappa shape index (κ2) is 10.2. The van der Waals surface area contributed by atoms with Crippen molar-refractivity contribution in [3.05, 3.63) is 94.4 Å². The molecule has 4 heterocycles. The van der Waals surface area contributed by atoms with E-state index in [-0.39, 0.29) is 25.2 Å². The third-order valence-corrected chi connectivity index (χ3v) is 6.11. The SMILES string of the molecule is O=C(N/N=C\c1ccc(-c2ccc3c(c2)COC3=O)o1)C(=O)N/N=C\c1ccc(-c2ccc3c(c2)COC3=O)o1. The van der Waals surface area contributed by atoms with E-state index in [9.17, 15) is 19.2 Å². The fraction of sp³-hybridized carbons (Fsp3) is 0.0714. The first-order valence-electron chi connectivity index (χ1n) is 11.9. The highest BCUT2D eigenvalue weighted by atomic mass is 16.5. The molecule has 6 rings (SSSR count). The van der Waals surface area contributed by atoms with Crippen molar-refractivity contribution >= 4 is 36.2 Å². The van der Waals surface area contributed by atoms with Gasteiger partial charge in [0, 0.05) is 22.3 Å². The number of carbonyl (C=O) groups is 4. The van der Waals surface area contributed by atoms with Gasteiger partial charge in [0.15, 0.2) is 0 Å². The van der Waals surface area contributed by atoms with E-state index in [2.05, 4.69) is 21.1 Å². The molecule has 2 amide bonds. The molecule has 2 aromatic heterocycles. The van der Waals surface area contributed by atoms with Gasteiger partial charge in [0.2, 0.25) is 0 Å². The first kappa shape index (κ1) is 24.6. The van der Waals surface area contributed by atoms with Crippen molar-refractivity contribution in [1.29, 1.82) is 0 Å². The minimum absolute atomic E-state index is 0.215. The predicted octanol–water partition coefficient (Wildman–Crippen LogP) is 3.15. The van der Waals surface area contributed by atoms with Crippen molar-refractivity contribution in [2.75, 3.05) is 0 Å². The quantitative estimate of drug-likeness (QED) is 0.164. The topological polar surface area (TPSA) is 162 Å². The van der Waals surface area contributed by atoms with Gasteiger partial charge in [0.25, 0.3) is 0 Å². The molecule has 12 heteroatoms. The van der Waals surface area contributed by atoms with Crippen LogP contribution in [0.5, 0.6) is 0 Å². The fourth-order valence-corrected chi connectivity index (χ4v) is 4.14. The lowest BCUT2D eigenvalue weighted by atomic mass is 10.0. The van der Waals surface area contributed by atoms with Gasteiger partial charge in [-0.05, 0) is 48.5 Å². The summed E-state index contributed by atoms with van der Waals surface area (Å²) in [4.78, 5) is 47.2. The molecule has 2 aliphatic rings. The summed E-state index contributed by atoms with van der Waals surface area (Å²) in [6, 6.07) is 17.2. The summed E-state index contributed by atoms with van der Waals surface area (Å²) in [5.41, 5.74) is 8.29. The maximum absolute atomic E-state index is 12.0. The maximum Gasteiger partial charge on any atom is 0.338 e. The van der Waals surface area contributed by atoms with Gasteiger partial charge in [-0.1, -0.05) is 12.1 Å². The number of amides is 2. The van der Waals surface area contributed by atoms with E-state index >= 15 is 0 Å². The molecule has 0 spiro atoms. The third kappa shape index (κ3) is 4.88. The van der Waals surface area contributed by atoms with E-state index in [1.165, 1.54) is 12.4 Å². The Morgan fingerprint density at radius 2 is 1.10 bits per heavy atom. The Morgan fingerprint density at radius 1 is 0.650 bits per heavy atom. The van der Waals surface area contributed by atoms with Crippen LogP contribution in [0.4, 0.5) is 0 Å². The van der Waals surface area contributed by atoms with Gasteiger partial charge in [-0.3, -0.25) is 9.59 Å². The lowest BCUT2D eigenvalue weighted by molar-refractivity contribution is -0.139. The Kier molecular flexibility index (Phi) is 6.24. The number of benzene rings is 2. The summed E-state index contributed by atoms with van der Waals surface area (Å²) in [5.74, 6) is -1.06. The number of hydrogen-bond donors (Lipinski definition) is 2. The Morgan fingerprint density at radius 3 is 1.55 bits per heavy atom. The molecule has 0 saturated carbocycles. The lowest BCUT2D eigenvalue weighted by Gasteiger charge is -1.99. The van der Waals surface area contributed by atoms with Crippen molar-refractivity contribution in [1.82, 2.24) is 10.9 Å². The van der Waals surface area contributed by atoms with Crippen LogP contribution in [0, 0.1) is 0 Å². The summed E-state index contributed by atoms with van der Waals surface area (Å²) < 4.78 is 21.4. The third-order valence-electron chi connectivity index (χ3n) is 6.11. The number of furan rings is 2. The Hall–Kier alpha value is -5.78. The molecule has 0 radical (unpaired) electrons. The largest absolute Gasteiger partial charge is 0.457 e. The van der Waals surface area contributed by atoms with Crippen molar-refractivity contribution in [3.63, 3.8) is 0 Å². The van der Waals surface area contributed by atoms with Crippen LogP contribution in [0.3, 0.4) is 0 Å². The highest BCUT2D eigenvalue weighted by Gasteiger charge is 2.23. The molecule has 0 atom stereocenters. The van der Waals surface area contributed by atoms with Crippen molar-refractivity contribution in [2.24, 2.45) is 10.2 Å². The molecule has 4 aromatic rings. The molecular formula is C28H18N4O8.